The second-order valence-electron chi connectivity index (χ2n) is 9.09. The number of nitrogens with zero attached hydrogens (tertiary/aromatic N) is 2. The Hall–Kier alpha value is -1.10. The highest BCUT2D eigenvalue weighted by molar-refractivity contribution is 5.48. The Bertz CT molecular complexity index is 533. The molecule has 0 unspecified atom stereocenters. The van der Waals surface area contributed by atoms with E-state index in [2.05, 4.69) is 74.0 Å². The van der Waals surface area contributed by atoms with E-state index < -0.39 is 0 Å². The van der Waals surface area contributed by atoms with Crippen LogP contribution in [0.15, 0.2) is 24.3 Å². The third kappa shape index (κ3) is 8.10. The first-order valence-corrected chi connectivity index (χ1v) is 11.3. The highest BCUT2D eigenvalue weighted by atomic mass is 16.5. The van der Waals surface area contributed by atoms with Crippen molar-refractivity contribution in [2.45, 2.75) is 78.4 Å². The van der Waals surface area contributed by atoms with E-state index in [9.17, 15) is 0 Å². The van der Waals surface area contributed by atoms with Crippen LogP contribution in [0.3, 0.4) is 0 Å². The minimum atomic E-state index is 0.0939. The van der Waals surface area contributed by atoms with Crippen molar-refractivity contribution < 1.29 is 4.74 Å². The summed E-state index contributed by atoms with van der Waals surface area (Å²) in [5.41, 5.74) is 2.80. The van der Waals surface area contributed by atoms with Gasteiger partial charge in [-0.2, -0.15) is 0 Å². The normalized spacial score (nSPS) is 16.1. The molecule has 1 saturated heterocycles. The lowest BCUT2D eigenvalue weighted by molar-refractivity contribution is 0.109. The molecule has 0 aromatic heterocycles. The maximum absolute atomic E-state index is 5.78. The van der Waals surface area contributed by atoms with Gasteiger partial charge in [-0.15, -0.1) is 0 Å². The Morgan fingerprint density at radius 1 is 1.00 bits per heavy atom. The smallest absolute Gasteiger partial charge is 0.0483 e. The van der Waals surface area contributed by atoms with Gasteiger partial charge >= 0.3 is 0 Å². The molecule has 1 aliphatic rings. The van der Waals surface area contributed by atoms with E-state index in [0.717, 1.165) is 52.4 Å². The van der Waals surface area contributed by atoms with Crippen LogP contribution in [0, 0.1) is 0 Å². The molecule has 160 valence electrons. The van der Waals surface area contributed by atoms with Crippen LogP contribution in [0.1, 0.15) is 65.9 Å². The summed E-state index contributed by atoms with van der Waals surface area (Å²) in [7, 11) is 0. The Labute approximate surface area is 173 Å². The topological polar surface area (TPSA) is 27.7 Å². The zero-order valence-corrected chi connectivity index (χ0v) is 19.0. The fourth-order valence-electron chi connectivity index (χ4n) is 3.63. The van der Waals surface area contributed by atoms with E-state index in [1.54, 1.807) is 0 Å². The fourth-order valence-corrected chi connectivity index (χ4v) is 3.63. The number of rotatable bonds is 12. The number of benzene rings is 1. The minimum absolute atomic E-state index is 0.0939. The van der Waals surface area contributed by atoms with Crippen molar-refractivity contribution in [3.63, 3.8) is 0 Å². The highest BCUT2D eigenvalue weighted by Crippen LogP contribution is 2.19. The number of hydrogen-bond acceptors (Lipinski definition) is 4. The fraction of sp³-hybridized carbons (Fsp3) is 0.750. The van der Waals surface area contributed by atoms with Crippen LogP contribution in [-0.4, -0.2) is 55.9 Å². The van der Waals surface area contributed by atoms with Crippen molar-refractivity contribution in [2.24, 2.45) is 0 Å². The van der Waals surface area contributed by atoms with Crippen molar-refractivity contribution in [1.82, 2.24) is 10.2 Å². The molecule has 2 rings (SSSR count). The Morgan fingerprint density at radius 3 is 2.29 bits per heavy atom. The molecule has 4 heteroatoms. The quantitative estimate of drug-likeness (QED) is 0.525. The standard InChI is InChI=1S/C24H43N3O/c1-6-7-8-18-28-19-13-24(4,5)25-20-22-9-11-23(12-10-22)27-16-14-26(15-17-27)21(2)3/h9-12,21,25H,6-8,13-20H2,1-5H3. The number of nitrogens with one attached hydrogen (secondary N) is 1. The van der Waals surface area contributed by atoms with Crippen LogP contribution in [0.5, 0.6) is 0 Å². The number of piperazine rings is 1. The summed E-state index contributed by atoms with van der Waals surface area (Å²) < 4.78 is 5.78. The van der Waals surface area contributed by atoms with E-state index in [1.807, 2.05) is 0 Å². The van der Waals surface area contributed by atoms with Gasteiger partial charge in [-0.3, -0.25) is 4.90 Å². The van der Waals surface area contributed by atoms with Gasteiger partial charge in [-0.05, 0) is 58.2 Å². The van der Waals surface area contributed by atoms with E-state index in [0.29, 0.717) is 6.04 Å². The van der Waals surface area contributed by atoms with Crippen molar-refractivity contribution in [3.8, 4) is 0 Å². The molecule has 0 amide bonds. The molecule has 1 aromatic rings. The minimum Gasteiger partial charge on any atom is -0.381 e. The lowest BCUT2D eigenvalue weighted by atomic mass is 10.0. The molecule has 1 aliphatic heterocycles. The number of anilines is 1. The first kappa shape index (κ1) is 23.2. The van der Waals surface area contributed by atoms with Crippen molar-refractivity contribution in [3.05, 3.63) is 29.8 Å². The van der Waals surface area contributed by atoms with Gasteiger partial charge in [0.1, 0.15) is 0 Å². The van der Waals surface area contributed by atoms with Crippen LogP contribution in [0.25, 0.3) is 0 Å². The molecule has 4 nitrogen and oxygen atoms in total. The maximum Gasteiger partial charge on any atom is 0.0483 e. The predicted molar refractivity (Wildman–Crippen MR) is 121 cm³/mol. The molecule has 28 heavy (non-hydrogen) atoms. The molecule has 0 radical (unpaired) electrons. The summed E-state index contributed by atoms with van der Waals surface area (Å²) in [6.07, 6.45) is 4.75. The van der Waals surface area contributed by atoms with Gasteiger partial charge in [0, 0.05) is 63.2 Å². The third-order valence-corrected chi connectivity index (χ3v) is 5.88. The van der Waals surface area contributed by atoms with Crippen molar-refractivity contribution in [1.29, 1.82) is 0 Å². The summed E-state index contributed by atoms with van der Waals surface area (Å²) in [6, 6.07) is 9.77. The summed E-state index contributed by atoms with van der Waals surface area (Å²) in [6.45, 7) is 18.6. The van der Waals surface area contributed by atoms with Crippen molar-refractivity contribution >= 4 is 5.69 Å². The molecule has 0 atom stereocenters. The summed E-state index contributed by atoms with van der Waals surface area (Å²) in [5.74, 6) is 0. The van der Waals surface area contributed by atoms with Gasteiger partial charge in [-0.25, -0.2) is 0 Å². The first-order valence-electron chi connectivity index (χ1n) is 11.3. The lowest BCUT2D eigenvalue weighted by Gasteiger charge is -2.38. The summed E-state index contributed by atoms with van der Waals surface area (Å²) in [4.78, 5) is 5.07. The van der Waals surface area contributed by atoms with Crippen LogP contribution in [0.4, 0.5) is 5.69 Å². The molecule has 1 aromatic carbocycles. The average Bonchev–Trinajstić information content (AvgIpc) is 2.69. The highest BCUT2D eigenvalue weighted by Gasteiger charge is 2.19. The molecular weight excluding hydrogens is 346 g/mol. The van der Waals surface area contributed by atoms with Gasteiger partial charge in [0.05, 0.1) is 0 Å². The number of ether oxygens (including phenoxy) is 1. The second kappa shape index (κ2) is 11.8. The zero-order valence-electron chi connectivity index (χ0n) is 19.0. The number of unbranched alkanes of at least 4 members (excludes halogenated alkanes) is 2. The van der Waals surface area contributed by atoms with Crippen LogP contribution in [-0.2, 0) is 11.3 Å². The maximum atomic E-state index is 5.78. The molecule has 1 N–H and O–H groups in total. The van der Waals surface area contributed by atoms with Crippen LogP contribution in [0.2, 0.25) is 0 Å². The lowest BCUT2D eigenvalue weighted by Crippen LogP contribution is -2.48. The van der Waals surface area contributed by atoms with Crippen LogP contribution >= 0.6 is 0 Å². The van der Waals surface area contributed by atoms with Crippen molar-refractivity contribution in [2.75, 3.05) is 44.3 Å². The SMILES string of the molecule is CCCCCOCCC(C)(C)NCc1ccc(N2CCN(C(C)C)CC2)cc1. The predicted octanol–water partition coefficient (Wildman–Crippen LogP) is 4.68. The van der Waals surface area contributed by atoms with E-state index in [-0.39, 0.29) is 5.54 Å². The largest absolute Gasteiger partial charge is 0.381 e. The molecule has 0 bridgehead atoms. The van der Waals surface area contributed by atoms with E-state index in [1.165, 1.54) is 30.5 Å². The molecular formula is C24H43N3O. The molecule has 1 heterocycles. The Balaban J connectivity index is 1.70. The molecule has 0 saturated carbocycles. The zero-order chi connectivity index (χ0) is 20.4. The summed E-state index contributed by atoms with van der Waals surface area (Å²) in [5, 5.41) is 3.69. The molecule has 1 fully saturated rings. The molecule has 0 aliphatic carbocycles. The number of hydrogen-bond donors (Lipinski definition) is 1. The van der Waals surface area contributed by atoms with Gasteiger partial charge in [0.25, 0.3) is 0 Å². The first-order chi connectivity index (χ1) is 13.4. The van der Waals surface area contributed by atoms with Gasteiger partial charge in [-0.1, -0.05) is 31.9 Å². The van der Waals surface area contributed by atoms with Crippen LogP contribution < -0.4 is 10.2 Å². The summed E-state index contributed by atoms with van der Waals surface area (Å²) >= 11 is 0. The van der Waals surface area contributed by atoms with E-state index in [4.69, 9.17) is 4.74 Å². The Morgan fingerprint density at radius 2 is 1.68 bits per heavy atom. The third-order valence-electron chi connectivity index (χ3n) is 5.88. The Kier molecular flexibility index (Phi) is 9.76. The average molecular weight is 390 g/mol. The monoisotopic (exact) mass is 389 g/mol. The van der Waals surface area contributed by atoms with E-state index >= 15 is 0 Å². The van der Waals surface area contributed by atoms with Gasteiger partial charge in [0.15, 0.2) is 0 Å². The second-order valence-corrected chi connectivity index (χ2v) is 9.09. The van der Waals surface area contributed by atoms with Gasteiger partial charge < -0.3 is 15.0 Å². The molecule has 0 spiro atoms. The van der Waals surface area contributed by atoms with Gasteiger partial charge in [0.2, 0.25) is 0 Å².